The average molecular weight is 444 g/mol. The Bertz CT molecular complexity index is 903. The van der Waals surface area contributed by atoms with Crippen LogP contribution in [0, 0.1) is 0 Å². The lowest BCUT2D eigenvalue weighted by Gasteiger charge is -2.28. The normalized spacial score (nSPS) is 18.4. The first-order chi connectivity index (χ1) is 13.4. The number of ether oxygens (including phenoxy) is 2. The van der Waals surface area contributed by atoms with Gasteiger partial charge in [-0.15, -0.1) is 0 Å². The van der Waals surface area contributed by atoms with E-state index >= 15 is 0 Å². The summed E-state index contributed by atoms with van der Waals surface area (Å²) in [6, 6.07) is 12.9. The topological polar surface area (TPSA) is 55.8 Å². The van der Waals surface area contributed by atoms with Gasteiger partial charge >= 0.3 is 0 Å². The molecule has 2 aromatic rings. The first-order valence-corrected chi connectivity index (χ1v) is 11.6. The van der Waals surface area contributed by atoms with Gasteiger partial charge in [0.2, 0.25) is 0 Å². The predicted molar refractivity (Wildman–Crippen MR) is 112 cm³/mol. The van der Waals surface area contributed by atoms with Gasteiger partial charge in [-0.25, -0.2) is 8.42 Å². The standard InChI is InChI=1S/C20H23Cl2NO4S/c1-26-18-5-2-15(3-6-18)13-23(17-8-11-28(24,25)14-17)9-10-27-20-7-4-16(21)12-19(20)22/h2-7,12,17H,8-11,13-14H2,1H3. The van der Waals surface area contributed by atoms with Crippen molar-refractivity contribution in [1.29, 1.82) is 0 Å². The van der Waals surface area contributed by atoms with E-state index in [0.29, 0.717) is 41.9 Å². The van der Waals surface area contributed by atoms with E-state index in [1.807, 2.05) is 24.3 Å². The zero-order valence-corrected chi connectivity index (χ0v) is 17.9. The number of hydrogen-bond donors (Lipinski definition) is 0. The summed E-state index contributed by atoms with van der Waals surface area (Å²) in [6.45, 7) is 1.63. The van der Waals surface area contributed by atoms with E-state index < -0.39 is 9.84 Å². The average Bonchev–Trinajstić information content (AvgIpc) is 3.03. The Hall–Kier alpha value is -1.47. The fourth-order valence-electron chi connectivity index (χ4n) is 3.28. The van der Waals surface area contributed by atoms with Gasteiger partial charge in [0.05, 0.1) is 23.6 Å². The second-order valence-electron chi connectivity index (χ2n) is 6.80. The largest absolute Gasteiger partial charge is 0.497 e. The molecule has 152 valence electrons. The van der Waals surface area contributed by atoms with Gasteiger partial charge in [0.25, 0.3) is 0 Å². The van der Waals surface area contributed by atoms with Crippen LogP contribution in [0.25, 0.3) is 0 Å². The predicted octanol–water partition coefficient (Wildman–Crippen LogP) is 4.07. The van der Waals surface area contributed by atoms with Crippen molar-refractivity contribution in [1.82, 2.24) is 4.90 Å². The van der Waals surface area contributed by atoms with Gasteiger partial charge in [-0.3, -0.25) is 4.90 Å². The third-order valence-electron chi connectivity index (χ3n) is 4.80. The van der Waals surface area contributed by atoms with Gasteiger partial charge < -0.3 is 9.47 Å². The minimum atomic E-state index is -2.97. The van der Waals surface area contributed by atoms with E-state index in [0.717, 1.165) is 11.3 Å². The molecule has 0 N–H and O–H groups in total. The summed E-state index contributed by atoms with van der Waals surface area (Å²) in [5, 5.41) is 1.01. The van der Waals surface area contributed by atoms with Crippen molar-refractivity contribution in [2.75, 3.05) is 31.8 Å². The van der Waals surface area contributed by atoms with E-state index in [1.165, 1.54) is 0 Å². The van der Waals surface area contributed by atoms with Gasteiger partial charge in [-0.2, -0.15) is 0 Å². The van der Waals surface area contributed by atoms with Crippen LogP contribution in [0.3, 0.4) is 0 Å². The first kappa shape index (κ1) is 21.2. The van der Waals surface area contributed by atoms with Crippen LogP contribution in [0.4, 0.5) is 0 Å². The van der Waals surface area contributed by atoms with Crippen LogP contribution in [0.2, 0.25) is 10.0 Å². The van der Waals surface area contributed by atoms with Crippen LogP contribution in [0.1, 0.15) is 12.0 Å². The molecule has 1 fully saturated rings. The molecule has 1 heterocycles. The minimum absolute atomic E-state index is 0.0172. The van der Waals surface area contributed by atoms with E-state index in [2.05, 4.69) is 4.90 Å². The SMILES string of the molecule is COc1ccc(CN(CCOc2ccc(Cl)cc2Cl)C2CCS(=O)(=O)C2)cc1. The van der Waals surface area contributed by atoms with E-state index in [1.54, 1.807) is 25.3 Å². The van der Waals surface area contributed by atoms with Gasteiger partial charge in [0.1, 0.15) is 18.1 Å². The second kappa shape index (κ2) is 9.35. The molecular formula is C20H23Cl2NO4S. The number of methoxy groups -OCH3 is 1. The highest BCUT2D eigenvalue weighted by molar-refractivity contribution is 7.91. The van der Waals surface area contributed by atoms with Gasteiger partial charge in [-0.05, 0) is 42.3 Å². The molecule has 0 bridgehead atoms. The molecule has 0 radical (unpaired) electrons. The monoisotopic (exact) mass is 443 g/mol. The van der Waals surface area contributed by atoms with Crippen molar-refractivity contribution in [3.05, 3.63) is 58.1 Å². The summed E-state index contributed by atoms with van der Waals surface area (Å²) in [7, 11) is -1.34. The molecule has 0 saturated carbocycles. The number of nitrogens with zero attached hydrogens (tertiary/aromatic N) is 1. The van der Waals surface area contributed by atoms with Crippen LogP contribution >= 0.6 is 23.2 Å². The third kappa shape index (κ3) is 5.77. The second-order valence-corrected chi connectivity index (χ2v) is 9.87. The van der Waals surface area contributed by atoms with Crippen molar-refractivity contribution in [2.45, 2.75) is 19.0 Å². The summed E-state index contributed by atoms with van der Waals surface area (Å²) >= 11 is 12.1. The van der Waals surface area contributed by atoms with Crippen LogP contribution in [-0.2, 0) is 16.4 Å². The Morgan fingerprint density at radius 2 is 1.89 bits per heavy atom. The molecule has 3 rings (SSSR count). The highest BCUT2D eigenvalue weighted by atomic mass is 35.5. The molecule has 0 aromatic heterocycles. The molecule has 28 heavy (non-hydrogen) atoms. The lowest BCUT2D eigenvalue weighted by molar-refractivity contribution is 0.163. The zero-order chi connectivity index (χ0) is 20.1. The highest BCUT2D eigenvalue weighted by Gasteiger charge is 2.32. The number of halogens is 2. The number of sulfone groups is 1. The molecule has 2 aromatic carbocycles. The maximum atomic E-state index is 11.9. The highest BCUT2D eigenvalue weighted by Crippen LogP contribution is 2.28. The van der Waals surface area contributed by atoms with Gasteiger partial charge in [0.15, 0.2) is 9.84 Å². The van der Waals surface area contributed by atoms with Crippen molar-refractivity contribution in [3.8, 4) is 11.5 Å². The summed E-state index contributed by atoms with van der Waals surface area (Å²) < 4.78 is 34.9. The Morgan fingerprint density at radius 3 is 2.50 bits per heavy atom. The van der Waals surface area contributed by atoms with Crippen molar-refractivity contribution in [3.63, 3.8) is 0 Å². The molecule has 0 amide bonds. The van der Waals surface area contributed by atoms with Crippen LogP contribution in [0.15, 0.2) is 42.5 Å². The number of benzene rings is 2. The third-order valence-corrected chi connectivity index (χ3v) is 7.08. The fourth-order valence-corrected chi connectivity index (χ4v) is 5.51. The van der Waals surface area contributed by atoms with E-state index in [9.17, 15) is 8.42 Å². The summed E-state index contributed by atoms with van der Waals surface area (Å²) in [5.74, 6) is 1.78. The number of rotatable bonds is 8. The first-order valence-electron chi connectivity index (χ1n) is 9.01. The molecular weight excluding hydrogens is 421 g/mol. The quantitative estimate of drug-likeness (QED) is 0.615. The van der Waals surface area contributed by atoms with Crippen LogP contribution < -0.4 is 9.47 Å². The summed E-state index contributed by atoms with van der Waals surface area (Å²) in [4.78, 5) is 2.16. The zero-order valence-electron chi connectivity index (χ0n) is 15.6. The molecule has 8 heteroatoms. The molecule has 0 spiro atoms. The maximum absolute atomic E-state index is 11.9. The minimum Gasteiger partial charge on any atom is -0.497 e. The van der Waals surface area contributed by atoms with Gasteiger partial charge in [0, 0.05) is 24.2 Å². The van der Waals surface area contributed by atoms with Crippen LogP contribution in [0.5, 0.6) is 11.5 Å². The molecule has 1 aliphatic heterocycles. The molecule has 0 aliphatic carbocycles. The Morgan fingerprint density at radius 1 is 1.14 bits per heavy atom. The Labute approximate surface area is 176 Å². The fraction of sp³-hybridized carbons (Fsp3) is 0.400. The van der Waals surface area contributed by atoms with E-state index in [4.69, 9.17) is 32.7 Å². The van der Waals surface area contributed by atoms with Crippen molar-refractivity contribution < 1.29 is 17.9 Å². The Balaban J connectivity index is 1.66. The molecule has 1 atom stereocenters. The Kier molecular flexibility index (Phi) is 7.10. The van der Waals surface area contributed by atoms with Crippen molar-refractivity contribution in [2.24, 2.45) is 0 Å². The maximum Gasteiger partial charge on any atom is 0.151 e. The molecule has 1 aliphatic rings. The molecule has 1 saturated heterocycles. The van der Waals surface area contributed by atoms with Gasteiger partial charge in [-0.1, -0.05) is 35.3 Å². The summed E-state index contributed by atoms with van der Waals surface area (Å²) in [5.41, 5.74) is 1.09. The molecule has 5 nitrogen and oxygen atoms in total. The van der Waals surface area contributed by atoms with E-state index in [-0.39, 0.29) is 17.5 Å². The smallest absolute Gasteiger partial charge is 0.151 e. The van der Waals surface area contributed by atoms with Crippen molar-refractivity contribution >= 4 is 33.0 Å². The lowest BCUT2D eigenvalue weighted by Crippen LogP contribution is -2.38. The van der Waals surface area contributed by atoms with Crippen LogP contribution in [-0.4, -0.2) is 51.1 Å². The lowest BCUT2D eigenvalue weighted by atomic mass is 10.1. The number of hydrogen-bond acceptors (Lipinski definition) is 5. The summed E-state index contributed by atoms with van der Waals surface area (Å²) in [6.07, 6.45) is 0.639. The molecule has 1 unspecified atom stereocenters.